The summed E-state index contributed by atoms with van der Waals surface area (Å²) in [6, 6.07) is 8.72. The number of nitrogens with one attached hydrogen (secondary N) is 1. The van der Waals surface area contributed by atoms with Gasteiger partial charge in [0.25, 0.3) is 0 Å². The predicted molar refractivity (Wildman–Crippen MR) is 101 cm³/mol. The molecule has 4 rings (SSSR count). The number of halogens is 1. The number of pyridine rings is 1. The molecule has 1 N–H and O–H groups in total. The maximum Gasteiger partial charge on any atom is 0.243 e. The van der Waals surface area contributed by atoms with Gasteiger partial charge in [0.05, 0.1) is 17.5 Å². The molecular formula is C18H22ClN3O3S. The summed E-state index contributed by atoms with van der Waals surface area (Å²) in [5, 5.41) is 3.28. The third-order valence-corrected chi connectivity index (χ3v) is 6.65. The third kappa shape index (κ3) is 3.57. The SMILES string of the molecule is Cl.O=S(=O)(c1ccc2c(c1)CCCO2)N1CCNCC1c1cccnc1. The van der Waals surface area contributed by atoms with E-state index in [2.05, 4.69) is 10.3 Å². The van der Waals surface area contributed by atoms with E-state index in [4.69, 9.17) is 4.74 Å². The minimum Gasteiger partial charge on any atom is -0.493 e. The highest BCUT2D eigenvalue weighted by molar-refractivity contribution is 7.89. The number of benzene rings is 1. The molecule has 3 heterocycles. The van der Waals surface area contributed by atoms with Crippen LogP contribution in [0.4, 0.5) is 0 Å². The molecule has 0 aliphatic carbocycles. The molecule has 0 bridgehead atoms. The fourth-order valence-corrected chi connectivity index (χ4v) is 5.13. The summed E-state index contributed by atoms with van der Waals surface area (Å²) in [4.78, 5) is 4.48. The second-order valence-electron chi connectivity index (χ2n) is 6.34. The van der Waals surface area contributed by atoms with Gasteiger partial charge in [-0.25, -0.2) is 8.42 Å². The molecule has 1 unspecified atom stereocenters. The zero-order valence-corrected chi connectivity index (χ0v) is 15.9. The van der Waals surface area contributed by atoms with Crippen LogP contribution in [0.25, 0.3) is 0 Å². The lowest BCUT2D eigenvalue weighted by Crippen LogP contribution is -2.48. The van der Waals surface area contributed by atoms with Gasteiger partial charge in [0.2, 0.25) is 10.0 Å². The largest absolute Gasteiger partial charge is 0.493 e. The number of ether oxygens (including phenoxy) is 1. The summed E-state index contributed by atoms with van der Waals surface area (Å²) < 4.78 is 33.8. The maximum atomic E-state index is 13.3. The van der Waals surface area contributed by atoms with Crippen LogP contribution in [0, 0.1) is 0 Å². The number of aromatic nitrogens is 1. The predicted octanol–water partition coefficient (Wildman–Crippen LogP) is 2.16. The first-order chi connectivity index (χ1) is 12.2. The Morgan fingerprint density at radius 3 is 2.96 bits per heavy atom. The van der Waals surface area contributed by atoms with Gasteiger partial charge in [-0.2, -0.15) is 4.31 Å². The van der Waals surface area contributed by atoms with Gasteiger partial charge in [-0.15, -0.1) is 12.4 Å². The molecule has 1 fully saturated rings. The molecule has 2 aliphatic rings. The van der Waals surface area contributed by atoms with Gasteiger partial charge >= 0.3 is 0 Å². The quantitative estimate of drug-likeness (QED) is 0.862. The molecule has 0 amide bonds. The molecule has 6 nitrogen and oxygen atoms in total. The molecule has 140 valence electrons. The molecule has 0 saturated carbocycles. The number of aryl methyl sites for hydroxylation is 1. The summed E-state index contributed by atoms with van der Waals surface area (Å²) >= 11 is 0. The van der Waals surface area contributed by atoms with Crippen LogP contribution < -0.4 is 10.1 Å². The van der Waals surface area contributed by atoms with Gasteiger partial charge in [-0.1, -0.05) is 6.07 Å². The lowest BCUT2D eigenvalue weighted by Gasteiger charge is -2.35. The highest BCUT2D eigenvalue weighted by Gasteiger charge is 2.35. The van der Waals surface area contributed by atoms with Crippen molar-refractivity contribution in [2.75, 3.05) is 26.2 Å². The Balaban J connectivity index is 0.00000196. The van der Waals surface area contributed by atoms with Crippen LogP contribution in [0.15, 0.2) is 47.6 Å². The van der Waals surface area contributed by atoms with Gasteiger partial charge in [0.1, 0.15) is 5.75 Å². The molecule has 2 aliphatic heterocycles. The van der Waals surface area contributed by atoms with E-state index in [-0.39, 0.29) is 18.4 Å². The average Bonchev–Trinajstić information content (AvgIpc) is 2.68. The summed E-state index contributed by atoms with van der Waals surface area (Å²) in [7, 11) is -3.58. The van der Waals surface area contributed by atoms with Crippen molar-refractivity contribution in [3.05, 3.63) is 53.9 Å². The van der Waals surface area contributed by atoms with Gasteiger partial charge < -0.3 is 10.1 Å². The first-order valence-electron chi connectivity index (χ1n) is 8.54. The molecule has 26 heavy (non-hydrogen) atoms. The summed E-state index contributed by atoms with van der Waals surface area (Å²) in [5.74, 6) is 0.800. The smallest absolute Gasteiger partial charge is 0.243 e. The van der Waals surface area contributed by atoms with Crippen molar-refractivity contribution >= 4 is 22.4 Å². The van der Waals surface area contributed by atoms with E-state index in [0.29, 0.717) is 31.1 Å². The number of rotatable bonds is 3. The Morgan fingerprint density at radius 1 is 1.27 bits per heavy atom. The van der Waals surface area contributed by atoms with Crippen molar-refractivity contribution in [1.29, 1.82) is 0 Å². The lowest BCUT2D eigenvalue weighted by molar-refractivity contribution is 0.270. The molecule has 1 saturated heterocycles. The Labute approximate surface area is 160 Å². The number of hydrogen-bond donors (Lipinski definition) is 1. The van der Waals surface area contributed by atoms with Crippen molar-refractivity contribution < 1.29 is 13.2 Å². The first kappa shape index (κ1) is 19.1. The first-order valence-corrected chi connectivity index (χ1v) is 9.98. The molecule has 1 atom stereocenters. The highest BCUT2D eigenvalue weighted by Crippen LogP contribution is 2.32. The van der Waals surface area contributed by atoms with Crippen LogP contribution in [-0.2, 0) is 16.4 Å². The van der Waals surface area contributed by atoms with E-state index in [0.717, 1.165) is 29.7 Å². The second-order valence-corrected chi connectivity index (χ2v) is 8.23. The fraction of sp³-hybridized carbons (Fsp3) is 0.389. The van der Waals surface area contributed by atoms with E-state index in [1.807, 2.05) is 12.1 Å². The number of piperazine rings is 1. The van der Waals surface area contributed by atoms with E-state index < -0.39 is 10.0 Å². The van der Waals surface area contributed by atoms with E-state index in [1.165, 1.54) is 0 Å². The molecule has 1 aromatic heterocycles. The molecule has 8 heteroatoms. The van der Waals surface area contributed by atoms with Gasteiger partial charge in [0, 0.05) is 32.0 Å². The summed E-state index contributed by atoms with van der Waals surface area (Å²) in [6.07, 6.45) is 5.21. The summed E-state index contributed by atoms with van der Waals surface area (Å²) in [6.45, 7) is 2.36. The number of nitrogens with zero attached hydrogens (tertiary/aromatic N) is 2. The van der Waals surface area contributed by atoms with Crippen LogP contribution in [-0.4, -0.2) is 43.9 Å². The third-order valence-electron chi connectivity index (χ3n) is 4.75. The zero-order chi connectivity index (χ0) is 17.3. The fourth-order valence-electron chi connectivity index (χ4n) is 3.46. The zero-order valence-electron chi connectivity index (χ0n) is 14.3. The number of sulfonamides is 1. The molecular weight excluding hydrogens is 374 g/mol. The average molecular weight is 396 g/mol. The Morgan fingerprint density at radius 2 is 2.15 bits per heavy atom. The molecule has 2 aromatic rings. The standard InChI is InChI=1S/C18H21N3O3S.ClH/c22-25(23,16-5-6-18-14(11-16)4-2-10-24-18)21-9-8-20-13-17(21)15-3-1-7-19-12-15;/h1,3,5-7,11-12,17,20H,2,4,8-10,13H2;1H. The van der Waals surface area contributed by atoms with Crippen molar-refractivity contribution in [3.63, 3.8) is 0 Å². The molecule has 0 spiro atoms. The highest BCUT2D eigenvalue weighted by atomic mass is 35.5. The van der Waals surface area contributed by atoms with Crippen LogP contribution in [0.2, 0.25) is 0 Å². The Bertz CT molecular complexity index is 861. The minimum absolute atomic E-state index is 0. The van der Waals surface area contributed by atoms with E-state index in [9.17, 15) is 8.42 Å². The van der Waals surface area contributed by atoms with Crippen LogP contribution in [0.1, 0.15) is 23.6 Å². The van der Waals surface area contributed by atoms with Crippen molar-refractivity contribution in [3.8, 4) is 5.75 Å². The maximum absolute atomic E-state index is 13.3. The van der Waals surface area contributed by atoms with Gasteiger partial charge in [-0.05, 0) is 48.2 Å². The van der Waals surface area contributed by atoms with Crippen LogP contribution in [0.3, 0.4) is 0 Å². The monoisotopic (exact) mass is 395 g/mol. The minimum atomic E-state index is -3.58. The Hall–Kier alpha value is -1.67. The van der Waals surface area contributed by atoms with Crippen molar-refractivity contribution in [1.82, 2.24) is 14.6 Å². The van der Waals surface area contributed by atoms with Crippen LogP contribution in [0.5, 0.6) is 5.75 Å². The second kappa shape index (κ2) is 7.92. The van der Waals surface area contributed by atoms with E-state index >= 15 is 0 Å². The van der Waals surface area contributed by atoms with Crippen LogP contribution >= 0.6 is 12.4 Å². The normalized spacial score (nSPS) is 20.5. The van der Waals surface area contributed by atoms with Gasteiger partial charge in [-0.3, -0.25) is 4.98 Å². The number of fused-ring (bicyclic) bond motifs is 1. The Kier molecular flexibility index (Phi) is 5.82. The van der Waals surface area contributed by atoms with Crippen molar-refractivity contribution in [2.45, 2.75) is 23.8 Å². The lowest BCUT2D eigenvalue weighted by atomic mass is 10.1. The number of hydrogen-bond acceptors (Lipinski definition) is 5. The molecule has 0 radical (unpaired) electrons. The van der Waals surface area contributed by atoms with E-state index in [1.54, 1.807) is 34.9 Å². The summed E-state index contributed by atoms with van der Waals surface area (Å²) in [5.41, 5.74) is 1.87. The topological polar surface area (TPSA) is 71.5 Å². The molecule has 1 aromatic carbocycles. The van der Waals surface area contributed by atoms with Crippen molar-refractivity contribution in [2.24, 2.45) is 0 Å². The van der Waals surface area contributed by atoms with Gasteiger partial charge in [0.15, 0.2) is 0 Å².